The van der Waals surface area contributed by atoms with Gasteiger partial charge in [0.05, 0.1) is 0 Å². The van der Waals surface area contributed by atoms with E-state index in [0.29, 0.717) is 11.3 Å². The molecule has 0 aromatic heterocycles. The summed E-state index contributed by atoms with van der Waals surface area (Å²) in [6, 6.07) is 18.1. The van der Waals surface area contributed by atoms with Gasteiger partial charge in [0.2, 0.25) is 11.0 Å². The second-order valence-electron chi connectivity index (χ2n) is 5.38. The first-order valence-electron chi connectivity index (χ1n) is 7.82. The van der Waals surface area contributed by atoms with Crippen LogP contribution in [-0.2, 0) is 16.1 Å². The molecule has 6 heteroatoms. The lowest BCUT2D eigenvalue weighted by atomic mass is 10.2. The van der Waals surface area contributed by atoms with Gasteiger partial charge in [0.15, 0.2) is 0 Å². The van der Waals surface area contributed by atoms with Crippen molar-refractivity contribution in [3.05, 3.63) is 71.8 Å². The van der Waals surface area contributed by atoms with E-state index in [4.69, 9.17) is 5.11 Å². The number of aliphatic carboxylic acids is 1. The molecule has 0 heterocycles. The molecule has 0 aliphatic carbocycles. The highest BCUT2D eigenvalue weighted by Crippen LogP contribution is 2.14. The molecule has 0 saturated heterocycles. The summed E-state index contributed by atoms with van der Waals surface area (Å²) in [5.74, 6) is -1.02. The quantitative estimate of drug-likeness (QED) is 0.786. The molecule has 1 amide bonds. The minimum absolute atomic E-state index is 0.0961. The van der Waals surface area contributed by atoms with Crippen LogP contribution >= 0.6 is 11.8 Å². The lowest BCUT2D eigenvalue weighted by Crippen LogP contribution is -2.35. The van der Waals surface area contributed by atoms with Crippen molar-refractivity contribution in [2.45, 2.75) is 13.0 Å². The Balaban J connectivity index is 1.88. The molecule has 0 atom stereocenters. The van der Waals surface area contributed by atoms with E-state index < -0.39 is 5.97 Å². The molecule has 0 aliphatic rings. The van der Waals surface area contributed by atoms with Gasteiger partial charge in [-0.1, -0.05) is 72.4 Å². The van der Waals surface area contributed by atoms with Gasteiger partial charge >= 0.3 is 5.97 Å². The van der Waals surface area contributed by atoms with Gasteiger partial charge < -0.3 is 10.0 Å². The van der Waals surface area contributed by atoms with E-state index in [2.05, 4.69) is 0 Å². The largest absolute Gasteiger partial charge is 0.480 e. The van der Waals surface area contributed by atoms with Crippen LogP contribution in [0.15, 0.2) is 60.7 Å². The van der Waals surface area contributed by atoms with Crippen LogP contribution in [0.4, 0.5) is 0 Å². The first-order chi connectivity index (χ1) is 12.1. The Kier molecular flexibility index (Phi) is 7.22. The molecular formula is C19H19NO4S. The van der Waals surface area contributed by atoms with Crippen LogP contribution in [0.2, 0.25) is 0 Å². The third kappa shape index (κ3) is 6.43. The highest BCUT2D eigenvalue weighted by molar-refractivity contribution is 8.14. The molecule has 2 aromatic carbocycles. The van der Waals surface area contributed by atoms with Crippen LogP contribution in [0, 0.1) is 0 Å². The zero-order valence-electron chi connectivity index (χ0n) is 13.6. The molecule has 1 N–H and O–H groups in total. The van der Waals surface area contributed by atoms with Crippen LogP contribution in [0.3, 0.4) is 0 Å². The number of rotatable bonds is 8. The molecule has 0 saturated carbocycles. The molecule has 2 aromatic rings. The predicted octanol–water partition coefficient (Wildman–Crippen LogP) is 3.06. The average molecular weight is 357 g/mol. The number of carbonyl (C=O) groups is 3. The average Bonchev–Trinajstić information content (AvgIpc) is 2.62. The van der Waals surface area contributed by atoms with E-state index >= 15 is 0 Å². The Bertz CT molecular complexity index is 719. The monoisotopic (exact) mass is 357 g/mol. The van der Waals surface area contributed by atoms with E-state index in [1.807, 2.05) is 36.4 Å². The maximum absolute atomic E-state index is 12.3. The smallest absolute Gasteiger partial charge is 0.323 e. The second kappa shape index (κ2) is 9.64. The summed E-state index contributed by atoms with van der Waals surface area (Å²) in [7, 11) is 0. The number of nitrogens with zero attached hydrogens (tertiary/aromatic N) is 1. The number of amides is 1. The SMILES string of the molecule is O=C(O)CN(Cc1ccccc1)C(=O)CCSC(=O)c1ccccc1. The van der Waals surface area contributed by atoms with E-state index in [9.17, 15) is 14.4 Å². The minimum atomic E-state index is -1.06. The van der Waals surface area contributed by atoms with Gasteiger partial charge in [-0.3, -0.25) is 14.4 Å². The fraction of sp³-hybridized carbons (Fsp3) is 0.211. The number of carboxylic acids is 1. The third-order valence-corrected chi connectivity index (χ3v) is 4.36. The van der Waals surface area contributed by atoms with Gasteiger partial charge in [0.25, 0.3) is 0 Å². The Morgan fingerprint density at radius 2 is 1.52 bits per heavy atom. The Morgan fingerprint density at radius 1 is 0.920 bits per heavy atom. The maximum atomic E-state index is 12.3. The van der Waals surface area contributed by atoms with E-state index in [1.165, 1.54) is 4.90 Å². The van der Waals surface area contributed by atoms with Gasteiger partial charge in [-0.25, -0.2) is 0 Å². The molecule has 0 bridgehead atoms. The summed E-state index contributed by atoms with van der Waals surface area (Å²) < 4.78 is 0. The number of benzene rings is 2. The first kappa shape index (κ1) is 18.7. The molecule has 130 valence electrons. The Labute approximate surface area is 150 Å². The third-order valence-electron chi connectivity index (χ3n) is 3.45. The standard InChI is InChI=1S/C19H19NO4S/c21-17(11-12-25-19(24)16-9-5-2-6-10-16)20(14-18(22)23)13-15-7-3-1-4-8-15/h1-10H,11-14H2,(H,22,23). The molecule has 25 heavy (non-hydrogen) atoms. The highest BCUT2D eigenvalue weighted by atomic mass is 32.2. The molecule has 0 spiro atoms. The van der Waals surface area contributed by atoms with Crippen LogP contribution in [0.5, 0.6) is 0 Å². The number of thioether (sulfide) groups is 1. The summed E-state index contributed by atoms with van der Waals surface area (Å²) in [5.41, 5.74) is 1.46. The summed E-state index contributed by atoms with van der Waals surface area (Å²) in [6.07, 6.45) is 0.114. The summed E-state index contributed by atoms with van der Waals surface area (Å²) in [6.45, 7) is -0.117. The van der Waals surface area contributed by atoms with Crippen molar-refractivity contribution in [2.75, 3.05) is 12.3 Å². The summed E-state index contributed by atoms with van der Waals surface area (Å²) in [5, 5.41) is 8.92. The van der Waals surface area contributed by atoms with Gasteiger partial charge in [-0.2, -0.15) is 0 Å². The normalized spacial score (nSPS) is 10.2. The number of hydrogen-bond acceptors (Lipinski definition) is 4. The highest BCUT2D eigenvalue weighted by Gasteiger charge is 2.17. The van der Waals surface area contributed by atoms with E-state index in [-0.39, 0.29) is 30.5 Å². The Hall–Kier alpha value is -2.60. The molecule has 0 unspecified atom stereocenters. The topological polar surface area (TPSA) is 74.7 Å². The van der Waals surface area contributed by atoms with Crippen LogP contribution in [0.1, 0.15) is 22.3 Å². The van der Waals surface area contributed by atoms with Crippen LogP contribution in [0.25, 0.3) is 0 Å². The van der Waals surface area contributed by atoms with Crippen molar-refractivity contribution in [3.8, 4) is 0 Å². The number of carboxylic acid groups (broad SMARTS) is 1. The van der Waals surface area contributed by atoms with Gasteiger partial charge in [0.1, 0.15) is 6.54 Å². The van der Waals surface area contributed by atoms with Crippen LogP contribution < -0.4 is 0 Å². The maximum Gasteiger partial charge on any atom is 0.323 e. The van der Waals surface area contributed by atoms with Crippen molar-refractivity contribution in [1.82, 2.24) is 4.90 Å². The lowest BCUT2D eigenvalue weighted by molar-refractivity contribution is -0.144. The Morgan fingerprint density at radius 3 is 2.12 bits per heavy atom. The molecule has 2 rings (SSSR count). The molecule has 0 fully saturated rings. The van der Waals surface area contributed by atoms with Crippen LogP contribution in [-0.4, -0.2) is 39.3 Å². The molecule has 0 aliphatic heterocycles. The zero-order valence-corrected chi connectivity index (χ0v) is 14.4. The zero-order chi connectivity index (χ0) is 18.1. The van der Waals surface area contributed by atoms with Crippen molar-refractivity contribution in [2.24, 2.45) is 0 Å². The van der Waals surface area contributed by atoms with Crippen molar-refractivity contribution < 1.29 is 19.5 Å². The van der Waals surface area contributed by atoms with Crippen molar-refractivity contribution >= 4 is 28.8 Å². The molecule has 0 radical (unpaired) electrons. The first-order valence-corrected chi connectivity index (χ1v) is 8.80. The fourth-order valence-corrected chi connectivity index (χ4v) is 3.01. The lowest BCUT2D eigenvalue weighted by Gasteiger charge is -2.20. The van der Waals surface area contributed by atoms with Crippen molar-refractivity contribution in [3.63, 3.8) is 0 Å². The van der Waals surface area contributed by atoms with Gasteiger partial charge in [-0.15, -0.1) is 0 Å². The summed E-state index contributed by atoms with van der Waals surface area (Å²) in [4.78, 5) is 36.7. The van der Waals surface area contributed by atoms with E-state index in [0.717, 1.165) is 17.3 Å². The second-order valence-corrected chi connectivity index (χ2v) is 6.45. The molecular weight excluding hydrogens is 338 g/mol. The fourth-order valence-electron chi connectivity index (χ4n) is 2.25. The number of carbonyl (C=O) groups excluding carboxylic acids is 2. The minimum Gasteiger partial charge on any atom is -0.480 e. The van der Waals surface area contributed by atoms with Crippen molar-refractivity contribution in [1.29, 1.82) is 0 Å². The molecule has 5 nitrogen and oxygen atoms in total. The summed E-state index contributed by atoms with van der Waals surface area (Å²) >= 11 is 1.07. The van der Waals surface area contributed by atoms with E-state index in [1.54, 1.807) is 24.3 Å². The predicted molar refractivity (Wildman–Crippen MR) is 97.3 cm³/mol. The number of hydrogen-bond donors (Lipinski definition) is 1. The van der Waals surface area contributed by atoms with Gasteiger partial charge in [0, 0.05) is 24.3 Å². The van der Waals surface area contributed by atoms with Gasteiger partial charge in [-0.05, 0) is 5.56 Å².